The van der Waals surface area contributed by atoms with Crippen LogP contribution < -0.4 is 0 Å². The summed E-state index contributed by atoms with van der Waals surface area (Å²) in [5.74, 6) is 0.717. The lowest BCUT2D eigenvalue weighted by Crippen LogP contribution is -1.91. The summed E-state index contributed by atoms with van der Waals surface area (Å²) < 4.78 is 1.31. The van der Waals surface area contributed by atoms with Gasteiger partial charge < -0.3 is 0 Å². The van der Waals surface area contributed by atoms with Gasteiger partial charge in [-0.3, -0.25) is 0 Å². The van der Waals surface area contributed by atoms with E-state index in [1.54, 1.807) is 0 Å². The average molecular weight is 173 g/mol. The highest BCUT2D eigenvalue weighted by molar-refractivity contribution is 9.11. The van der Waals surface area contributed by atoms with Crippen LogP contribution in [-0.2, 0) is 0 Å². The molecule has 0 nitrogen and oxygen atoms in total. The lowest BCUT2D eigenvalue weighted by atomic mass is 10.0. The second-order valence-electron chi connectivity index (χ2n) is 2.18. The number of allylic oxidation sites excluding steroid dienone is 4. The first-order valence-electron chi connectivity index (χ1n) is 2.82. The fourth-order valence-corrected chi connectivity index (χ4v) is 1.46. The zero-order valence-electron chi connectivity index (χ0n) is 4.89. The van der Waals surface area contributed by atoms with E-state index in [-0.39, 0.29) is 0 Å². The molecule has 0 aliphatic heterocycles. The third-order valence-electron chi connectivity index (χ3n) is 1.23. The fourth-order valence-electron chi connectivity index (χ4n) is 0.793. The molecule has 0 radical (unpaired) electrons. The molecular formula is C7H9Br. The van der Waals surface area contributed by atoms with E-state index in [1.807, 2.05) is 0 Å². The molecule has 0 aromatic carbocycles. The molecule has 0 spiro atoms. The molecule has 1 aliphatic carbocycles. The van der Waals surface area contributed by atoms with E-state index in [0.717, 1.165) is 12.3 Å². The van der Waals surface area contributed by atoms with E-state index >= 15 is 0 Å². The minimum atomic E-state index is 0.717. The van der Waals surface area contributed by atoms with Crippen LogP contribution in [0.1, 0.15) is 13.3 Å². The molecule has 0 aromatic heterocycles. The SMILES string of the molecule is CC1C=CC=C(Br)C1. The summed E-state index contributed by atoms with van der Waals surface area (Å²) in [6, 6.07) is 0. The second kappa shape index (κ2) is 2.49. The number of hydrogen-bond donors (Lipinski definition) is 0. The molecule has 1 rings (SSSR count). The molecule has 0 amide bonds. The highest BCUT2D eigenvalue weighted by Gasteiger charge is 2.01. The predicted octanol–water partition coefficient (Wildman–Crippen LogP) is 2.86. The van der Waals surface area contributed by atoms with Gasteiger partial charge in [-0.2, -0.15) is 0 Å². The van der Waals surface area contributed by atoms with Gasteiger partial charge in [-0.05, 0) is 16.8 Å². The molecule has 8 heavy (non-hydrogen) atoms. The number of halogens is 1. The summed E-state index contributed by atoms with van der Waals surface area (Å²) in [4.78, 5) is 0. The quantitative estimate of drug-likeness (QED) is 0.528. The second-order valence-corrected chi connectivity index (χ2v) is 3.20. The molecule has 0 N–H and O–H groups in total. The van der Waals surface area contributed by atoms with Crippen LogP contribution in [0.4, 0.5) is 0 Å². The van der Waals surface area contributed by atoms with Crippen molar-refractivity contribution in [3.63, 3.8) is 0 Å². The maximum Gasteiger partial charge on any atom is -0.00437 e. The third kappa shape index (κ3) is 1.48. The van der Waals surface area contributed by atoms with Gasteiger partial charge in [-0.1, -0.05) is 41.1 Å². The van der Waals surface area contributed by atoms with Crippen molar-refractivity contribution in [1.82, 2.24) is 0 Å². The molecule has 1 unspecified atom stereocenters. The Hall–Kier alpha value is -0.0400. The normalized spacial score (nSPS) is 27.8. The molecule has 0 bridgehead atoms. The zero-order chi connectivity index (χ0) is 5.98. The van der Waals surface area contributed by atoms with E-state index in [1.165, 1.54) is 4.48 Å². The zero-order valence-corrected chi connectivity index (χ0v) is 6.48. The van der Waals surface area contributed by atoms with Crippen LogP contribution in [0.15, 0.2) is 22.7 Å². The maximum absolute atomic E-state index is 3.44. The molecule has 1 atom stereocenters. The minimum absolute atomic E-state index is 0.717. The van der Waals surface area contributed by atoms with Gasteiger partial charge in [0.05, 0.1) is 0 Å². The Kier molecular flexibility index (Phi) is 1.90. The van der Waals surface area contributed by atoms with Gasteiger partial charge >= 0.3 is 0 Å². The van der Waals surface area contributed by atoms with E-state index in [9.17, 15) is 0 Å². The predicted molar refractivity (Wildman–Crippen MR) is 39.9 cm³/mol. The van der Waals surface area contributed by atoms with Crippen molar-refractivity contribution in [2.45, 2.75) is 13.3 Å². The number of rotatable bonds is 0. The van der Waals surface area contributed by atoms with Crippen LogP contribution in [0, 0.1) is 5.92 Å². The molecular weight excluding hydrogens is 164 g/mol. The van der Waals surface area contributed by atoms with Crippen LogP contribution in [0.2, 0.25) is 0 Å². The summed E-state index contributed by atoms with van der Waals surface area (Å²) >= 11 is 3.44. The van der Waals surface area contributed by atoms with Crippen LogP contribution in [-0.4, -0.2) is 0 Å². The van der Waals surface area contributed by atoms with E-state index < -0.39 is 0 Å². The summed E-state index contributed by atoms with van der Waals surface area (Å²) in [5.41, 5.74) is 0. The molecule has 1 aliphatic rings. The van der Waals surface area contributed by atoms with Gasteiger partial charge in [-0.15, -0.1) is 0 Å². The highest BCUT2D eigenvalue weighted by atomic mass is 79.9. The first-order valence-corrected chi connectivity index (χ1v) is 3.61. The lowest BCUT2D eigenvalue weighted by Gasteiger charge is -2.07. The fraction of sp³-hybridized carbons (Fsp3) is 0.429. The smallest absolute Gasteiger partial charge is 0.00437 e. The van der Waals surface area contributed by atoms with E-state index in [4.69, 9.17) is 0 Å². The van der Waals surface area contributed by atoms with Gasteiger partial charge in [-0.25, -0.2) is 0 Å². The molecule has 0 aromatic rings. The summed E-state index contributed by atoms with van der Waals surface area (Å²) in [6.07, 6.45) is 7.57. The molecule has 0 fully saturated rings. The monoisotopic (exact) mass is 172 g/mol. The standard InChI is InChI=1S/C7H9Br/c1-6-3-2-4-7(8)5-6/h2-4,6H,5H2,1H3. The third-order valence-corrected chi connectivity index (χ3v) is 1.82. The van der Waals surface area contributed by atoms with Gasteiger partial charge in [0, 0.05) is 0 Å². The van der Waals surface area contributed by atoms with Crippen molar-refractivity contribution in [2.24, 2.45) is 5.92 Å². The van der Waals surface area contributed by atoms with Gasteiger partial charge in [0.1, 0.15) is 0 Å². The first kappa shape index (κ1) is 6.09. The Morgan fingerprint density at radius 2 is 2.50 bits per heavy atom. The van der Waals surface area contributed by atoms with Gasteiger partial charge in [0.25, 0.3) is 0 Å². The average Bonchev–Trinajstić information content (AvgIpc) is 1.64. The first-order chi connectivity index (χ1) is 3.79. The van der Waals surface area contributed by atoms with Crippen LogP contribution in [0.5, 0.6) is 0 Å². The Labute approximate surface area is 58.4 Å². The summed E-state index contributed by atoms with van der Waals surface area (Å²) in [7, 11) is 0. The van der Waals surface area contributed by atoms with Crippen LogP contribution >= 0.6 is 15.9 Å². The Balaban J connectivity index is 2.59. The van der Waals surface area contributed by atoms with Crippen molar-refractivity contribution in [3.8, 4) is 0 Å². The van der Waals surface area contributed by atoms with Crippen molar-refractivity contribution in [2.75, 3.05) is 0 Å². The number of hydrogen-bond acceptors (Lipinski definition) is 0. The summed E-state index contributed by atoms with van der Waals surface area (Å²) in [5, 5.41) is 0. The minimum Gasteiger partial charge on any atom is -0.0813 e. The van der Waals surface area contributed by atoms with E-state index in [0.29, 0.717) is 0 Å². The van der Waals surface area contributed by atoms with Gasteiger partial charge in [0.2, 0.25) is 0 Å². The van der Waals surface area contributed by atoms with Crippen LogP contribution in [0.25, 0.3) is 0 Å². The molecule has 44 valence electrons. The van der Waals surface area contributed by atoms with E-state index in [2.05, 4.69) is 41.1 Å². The van der Waals surface area contributed by atoms with Crippen molar-refractivity contribution < 1.29 is 0 Å². The topological polar surface area (TPSA) is 0 Å². The van der Waals surface area contributed by atoms with Crippen molar-refractivity contribution in [1.29, 1.82) is 0 Å². The highest BCUT2D eigenvalue weighted by Crippen LogP contribution is 2.21. The Morgan fingerprint density at radius 1 is 1.75 bits per heavy atom. The summed E-state index contributed by atoms with van der Waals surface area (Å²) in [6.45, 7) is 2.21. The lowest BCUT2D eigenvalue weighted by molar-refractivity contribution is 0.731. The molecule has 0 heterocycles. The maximum atomic E-state index is 3.44. The van der Waals surface area contributed by atoms with Crippen LogP contribution in [0.3, 0.4) is 0 Å². The molecule has 0 saturated heterocycles. The molecule has 1 heteroatoms. The van der Waals surface area contributed by atoms with Gasteiger partial charge in [0.15, 0.2) is 0 Å². The Morgan fingerprint density at radius 3 is 2.88 bits per heavy atom. The van der Waals surface area contributed by atoms with Crippen molar-refractivity contribution >= 4 is 15.9 Å². The molecule has 0 saturated carbocycles. The van der Waals surface area contributed by atoms with Crippen molar-refractivity contribution in [3.05, 3.63) is 22.7 Å². The Bertz CT molecular complexity index is 133. The largest absolute Gasteiger partial charge is 0.0813 e.